The lowest BCUT2D eigenvalue weighted by Crippen LogP contribution is -2.23. The molecule has 2 heteroatoms. The molecule has 14 heavy (non-hydrogen) atoms. The monoisotopic (exact) mass is 200 g/mol. The van der Waals surface area contributed by atoms with Crippen LogP contribution < -0.4 is 0 Å². The van der Waals surface area contributed by atoms with Crippen LogP contribution in [-0.2, 0) is 9.53 Å². The van der Waals surface area contributed by atoms with Crippen LogP contribution in [0.2, 0.25) is 0 Å². The largest absolute Gasteiger partial charge is 0.462 e. The van der Waals surface area contributed by atoms with Crippen molar-refractivity contribution >= 4 is 5.97 Å². The summed E-state index contributed by atoms with van der Waals surface area (Å²) in [6.07, 6.45) is 4.90. The van der Waals surface area contributed by atoms with E-state index in [1.54, 1.807) is 0 Å². The average molecular weight is 200 g/mol. The molecule has 0 saturated heterocycles. The second-order valence-corrected chi connectivity index (χ2v) is 3.77. The van der Waals surface area contributed by atoms with E-state index in [0.717, 1.165) is 32.1 Å². The number of esters is 1. The van der Waals surface area contributed by atoms with Gasteiger partial charge in [-0.2, -0.15) is 0 Å². The molecule has 0 aliphatic carbocycles. The number of hydrogen-bond acceptors (Lipinski definition) is 2. The SMILES string of the molecule is CCCC(CC)OC(=O)C(CC)CC. The standard InChI is InChI=1S/C12H24O2/c1-5-9-11(8-4)14-12(13)10(6-2)7-3/h10-11H,5-9H2,1-4H3. The highest BCUT2D eigenvalue weighted by Gasteiger charge is 2.19. The topological polar surface area (TPSA) is 26.3 Å². The molecule has 0 aliphatic rings. The van der Waals surface area contributed by atoms with E-state index in [1.165, 1.54) is 0 Å². The molecule has 0 amide bonds. The van der Waals surface area contributed by atoms with Gasteiger partial charge in [0.25, 0.3) is 0 Å². The Morgan fingerprint density at radius 3 is 2.00 bits per heavy atom. The molecule has 0 N–H and O–H groups in total. The minimum Gasteiger partial charge on any atom is -0.462 e. The fraction of sp³-hybridized carbons (Fsp3) is 0.917. The summed E-state index contributed by atoms with van der Waals surface area (Å²) in [6, 6.07) is 0. The second kappa shape index (κ2) is 7.84. The Morgan fingerprint density at radius 1 is 1.07 bits per heavy atom. The molecule has 1 atom stereocenters. The Kier molecular flexibility index (Phi) is 7.54. The van der Waals surface area contributed by atoms with E-state index in [2.05, 4.69) is 13.8 Å². The first kappa shape index (κ1) is 13.5. The molecule has 0 radical (unpaired) electrons. The highest BCUT2D eigenvalue weighted by Crippen LogP contribution is 2.14. The van der Waals surface area contributed by atoms with Gasteiger partial charge in [-0.1, -0.05) is 34.1 Å². The first-order valence-electron chi connectivity index (χ1n) is 5.89. The smallest absolute Gasteiger partial charge is 0.309 e. The predicted octanol–water partition coefficient (Wildman–Crippen LogP) is 3.54. The molecule has 0 aromatic rings. The van der Waals surface area contributed by atoms with Gasteiger partial charge in [0.2, 0.25) is 0 Å². The lowest BCUT2D eigenvalue weighted by atomic mass is 10.0. The van der Waals surface area contributed by atoms with E-state index < -0.39 is 0 Å². The number of carbonyl (C=O) groups is 1. The summed E-state index contributed by atoms with van der Waals surface area (Å²) in [7, 11) is 0. The molecule has 0 aliphatic heterocycles. The molecule has 0 spiro atoms. The number of rotatable bonds is 7. The summed E-state index contributed by atoms with van der Waals surface area (Å²) >= 11 is 0. The molecule has 0 bridgehead atoms. The predicted molar refractivity (Wildman–Crippen MR) is 59.2 cm³/mol. The molecule has 1 unspecified atom stereocenters. The fourth-order valence-electron chi connectivity index (χ4n) is 1.55. The number of hydrogen-bond donors (Lipinski definition) is 0. The molecule has 0 fully saturated rings. The zero-order valence-electron chi connectivity index (χ0n) is 10.0. The minimum atomic E-state index is -0.00435. The molecule has 0 heterocycles. The van der Waals surface area contributed by atoms with Gasteiger partial charge in [0, 0.05) is 0 Å². The van der Waals surface area contributed by atoms with E-state index in [-0.39, 0.29) is 18.0 Å². The molecule has 0 saturated carbocycles. The van der Waals surface area contributed by atoms with Crippen LogP contribution in [0.1, 0.15) is 59.8 Å². The third-order valence-electron chi connectivity index (χ3n) is 2.67. The van der Waals surface area contributed by atoms with Gasteiger partial charge in [-0.25, -0.2) is 0 Å². The van der Waals surface area contributed by atoms with E-state index in [9.17, 15) is 4.79 Å². The molecule has 0 aromatic heterocycles. The van der Waals surface area contributed by atoms with Gasteiger partial charge >= 0.3 is 5.97 Å². The van der Waals surface area contributed by atoms with Crippen molar-refractivity contribution in [2.45, 2.75) is 65.9 Å². The summed E-state index contributed by atoms with van der Waals surface area (Å²) in [4.78, 5) is 11.6. The highest BCUT2D eigenvalue weighted by atomic mass is 16.5. The van der Waals surface area contributed by atoms with Gasteiger partial charge in [-0.3, -0.25) is 4.79 Å². The van der Waals surface area contributed by atoms with Crippen LogP contribution in [0.3, 0.4) is 0 Å². The van der Waals surface area contributed by atoms with Crippen LogP contribution in [0.25, 0.3) is 0 Å². The van der Waals surface area contributed by atoms with Crippen molar-refractivity contribution in [1.29, 1.82) is 0 Å². The first-order valence-corrected chi connectivity index (χ1v) is 5.89. The van der Waals surface area contributed by atoms with Gasteiger partial charge < -0.3 is 4.74 Å². The quantitative estimate of drug-likeness (QED) is 0.587. The first-order chi connectivity index (χ1) is 6.69. The zero-order valence-corrected chi connectivity index (χ0v) is 10.0. The van der Waals surface area contributed by atoms with Gasteiger partial charge in [0.1, 0.15) is 6.10 Å². The van der Waals surface area contributed by atoms with Gasteiger partial charge in [-0.15, -0.1) is 0 Å². The van der Waals surface area contributed by atoms with Crippen molar-refractivity contribution in [3.05, 3.63) is 0 Å². The van der Waals surface area contributed by atoms with Crippen LogP contribution in [0, 0.1) is 5.92 Å². The molecular weight excluding hydrogens is 176 g/mol. The maximum Gasteiger partial charge on any atom is 0.309 e. The maximum atomic E-state index is 11.6. The van der Waals surface area contributed by atoms with Crippen molar-refractivity contribution < 1.29 is 9.53 Å². The van der Waals surface area contributed by atoms with E-state index in [1.807, 2.05) is 13.8 Å². The third kappa shape index (κ3) is 4.64. The van der Waals surface area contributed by atoms with Crippen molar-refractivity contribution in [3.63, 3.8) is 0 Å². The molecular formula is C12H24O2. The Hall–Kier alpha value is -0.530. The van der Waals surface area contributed by atoms with Crippen LogP contribution in [-0.4, -0.2) is 12.1 Å². The number of carbonyl (C=O) groups excluding carboxylic acids is 1. The van der Waals surface area contributed by atoms with Crippen molar-refractivity contribution in [2.75, 3.05) is 0 Å². The van der Waals surface area contributed by atoms with Gasteiger partial charge in [0.15, 0.2) is 0 Å². The molecule has 2 nitrogen and oxygen atoms in total. The third-order valence-corrected chi connectivity index (χ3v) is 2.67. The van der Waals surface area contributed by atoms with Crippen molar-refractivity contribution in [2.24, 2.45) is 5.92 Å². The van der Waals surface area contributed by atoms with Crippen LogP contribution in [0.5, 0.6) is 0 Å². The summed E-state index contributed by atoms with van der Waals surface area (Å²) in [5, 5.41) is 0. The Balaban J connectivity index is 3.99. The van der Waals surface area contributed by atoms with Gasteiger partial charge in [0.05, 0.1) is 5.92 Å². The summed E-state index contributed by atoms with van der Waals surface area (Å²) < 4.78 is 5.45. The van der Waals surface area contributed by atoms with Gasteiger partial charge in [-0.05, 0) is 25.7 Å². The molecule has 0 aromatic carbocycles. The average Bonchev–Trinajstić information content (AvgIpc) is 2.19. The molecule has 84 valence electrons. The Morgan fingerprint density at radius 2 is 1.64 bits per heavy atom. The maximum absolute atomic E-state index is 11.6. The van der Waals surface area contributed by atoms with Crippen LogP contribution in [0.15, 0.2) is 0 Å². The number of ether oxygens (including phenoxy) is 1. The highest BCUT2D eigenvalue weighted by molar-refractivity contribution is 5.72. The van der Waals surface area contributed by atoms with E-state index in [0.29, 0.717) is 0 Å². The Labute approximate surface area is 88.0 Å². The Bertz CT molecular complexity index is 150. The van der Waals surface area contributed by atoms with Crippen molar-refractivity contribution in [3.8, 4) is 0 Å². The van der Waals surface area contributed by atoms with Crippen LogP contribution >= 0.6 is 0 Å². The summed E-state index contributed by atoms with van der Waals surface area (Å²) in [6.45, 7) is 8.26. The van der Waals surface area contributed by atoms with Crippen molar-refractivity contribution in [1.82, 2.24) is 0 Å². The summed E-state index contributed by atoms with van der Waals surface area (Å²) in [5.41, 5.74) is 0. The van der Waals surface area contributed by atoms with E-state index in [4.69, 9.17) is 4.74 Å². The normalized spacial score (nSPS) is 12.9. The van der Waals surface area contributed by atoms with Crippen LogP contribution in [0.4, 0.5) is 0 Å². The lowest BCUT2D eigenvalue weighted by molar-refractivity contribution is -0.154. The second-order valence-electron chi connectivity index (χ2n) is 3.77. The lowest BCUT2D eigenvalue weighted by Gasteiger charge is -2.18. The minimum absolute atomic E-state index is 0.00435. The molecule has 0 rings (SSSR count). The summed E-state index contributed by atoms with van der Waals surface area (Å²) in [5.74, 6) is 0.0937. The zero-order chi connectivity index (χ0) is 11.0. The fourth-order valence-corrected chi connectivity index (χ4v) is 1.55. The van der Waals surface area contributed by atoms with E-state index >= 15 is 0 Å².